The summed E-state index contributed by atoms with van der Waals surface area (Å²) in [7, 11) is 0. The third-order valence-corrected chi connectivity index (χ3v) is 2.75. The van der Waals surface area contributed by atoms with Crippen LogP contribution >= 0.6 is 0 Å². The van der Waals surface area contributed by atoms with E-state index in [4.69, 9.17) is 4.52 Å². The van der Waals surface area contributed by atoms with Gasteiger partial charge in [-0.15, -0.1) is 0 Å². The van der Waals surface area contributed by atoms with Crippen LogP contribution in [0.25, 0.3) is 11.0 Å². The topological polar surface area (TPSA) is 105 Å². The Morgan fingerprint density at radius 2 is 2.20 bits per heavy atom. The van der Waals surface area contributed by atoms with Crippen LogP contribution in [0.15, 0.2) is 16.8 Å². The van der Waals surface area contributed by atoms with Gasteiger partial charge in [0.1, 0.15) is 5.82 Å². The van der Waals surface area contributed by atoms with E-state index in [0.717, 1.165) is 23.4 Å². The van der Waals surface area contributed by atoms with E-state index in [1.165, 1.54) is 0 Å². The zero-order chi connectivity index (χ0) is 13.9. The van der Waals surface area contributed by atoms with E-state index < -0.39 is 0 Å². The van der Waals surface area contributed by atoms with Crippen LogP contribution in [0, 0.1) is 6.92 Å². The minimum atomic E-state index is 0.504. The second-order valence-corrected chi connectivity index (χ2v) is 4.35. The van der Waals surface area contributed by atoms with Gasteiger partial charge in [0.2, 0.25) is 5.95 Å². The van der Waals surface area contributed by atoms with Gasteiger partial charge in [0.05, 0.1) is 23.8 Å². The summed E-state index contributed by atoms with van der Waals surface area (Å²) in [5.41, 5.74) is 1.54. The molecular formula is C12H15N7O. The Bertz CT molecular complexity index is 717. The molecule has 0 aliphatic heterocycles. The molecule has 0 radical (unpaired) electrons. The highest BCUT2D eigenvalue weighted by atomic mass is 16.5. The van der Waals surface area contributed by atoms with Gasteiger partial charge in [0, 0.05) is 12.6 Å². The van der Waals surface area contributed by atoms with Crippen LogP contribution in [-0.4, -0.2) is 31.9 Å². The summed E-state index contributed by atoms with van der Waals surface area (Å²) < 4.78 is 5.16. The molecule has 3 rings (SSSR count). The van der Waals surface area contributed by atoms with Crippen molar-refractivity contribution in [3.63, 3.8) is 0 Å². The lowest BCUT2D eigenvalue weighted by Gasteiger charge is -2.07. The number of rotatable bonds is 5. The first-order valence-corrected chi connectivity index (χ1v) is 6.37. The van der Waals surface area contributed by atoms with Crippen LogP contribution in [0.2, 0.25) is 0 Å². The SMILES string of the molecule is CCNc1nc(NCc2cc(C)no2)c2cn[nH]c2n1. The summed E-state index contributed by atoms with van der Waals surface area (Å²) in [4.78, 5) is 8.76. The number of hydrogen-bond acceptors (Lipinski definition) is 7. The molecule has 0 fully saturated rings. The summed E-state index contributed by atoms with van der Waals surface area (Å²) >= 11 is 0. The summed E-state index contributed by atoms with van der Waals surface area (Å²) in [5.74, 6) is 2.01. The Morgan fingerprint density at radius 1 is 1.30 bits per heavy atom. The molecule has 0 saturated heterocycles. The predicted molar refractivity (Wildman–Crippen MR) is 74.4 cm³/mol. The molecule has 3 aromatic rings. The normalized spacial score (nSPS) is 10.9. The smallest absolute Gasteiger partial charge is 0.226 e. The van der Waals surface area contributed by atoms with Crippen molar-refractivity contribution in [2.75, 3.05) is 17.2 Å². The second-order valence-electron chi connectivity index (χ2n) is 4.35. The summed E-state index contributed by atoms with van der Waals surface area (Å²) in [6.07, 6.45) is 1.69. The maximum atomic E-state index is 5.16. The molecule has 8 nitrogen and oxygen atoms in total. The molecule has 0 atom stereocenters. The Kier molecular flexibility index (Phi) is 3.20. The fourth-order valence-electron chi connectivity index (χ4n) is 1.88. The van der Waals surface area contributed by atoms with Crippen LogP contribution in [0.4, 0.5) is 11.8 Å². The molecule has 0 aromatic carbocycles. The molecule has 0 aliphatic carbocycles. The number of nitrogens with one attached hydrogen (secondary N) is 3. The van der Waals surface area contributed by atoms with Crippen molar-refractivity contribution in [1.82, 2.24) is 25.3 Å². The number of nitrogens with zero attached hydrogens (tertiary/aromatic N) is 4. The quantitative estimate of drug-likeness (QED) is 0.649. The maximum absolute atomic E-state index is 5.16. The highest BCUT2D eigenvalue weighted by molar-refractivity contribution is 5.86. The zero-order valence-corrected chi connectivity index (χ0v) is 11.3. The van der Waals surface area contributed by atoms with Crippen molar-refractivity contribution in [3.05, 3.63) is 23.7 Å². The van der Waals surface area contributed by atoms with Crippen molar-refractivity contribution in [2.45, 2.75) is 20.4 Å². The molecule has 3 N–H and O–H groups in total. The van der Waals surface area contributed by atoms with Crippen LogP contribution in [0.3, 0.4) is 0 Å². The van der Waals surface area contributed by atoms with Crippen LogP contribution in [0.1, 0.15) is 18.4 Å². The van der Waals surface area contributed by atoms with Gasteiger partial charge in [0.15, 0.2) is 11.4 Å². The molecule has 20 heavy (non-hydrogen) atoms. The Labute approximate surface area is 115 Å². The molecule has 0 amide bonds. The van der Waals surface area contributed by atoms with Gasteiger partial charge in [-0.25, -0.2) is 0 Å². The average Bonchev–Trinajstić information content (AvgIpc) is 3.05. The van der Waals surface area contributed by atoms with Crippen LogP contribution in [-0.2, 0) is 6.54 Å². The van der Waals surface area contributed by atoms with Crippen molar-refractivity contribution < 1.29 is 4.52 Å². The molecule has 0 saturated carbocycles. The molecule has 3 heterocycles. The second kappa shape index (κ2) is 5.16. The van der Waals surface area contributed by atoms with E-state index in [1.54, 1.807) is 6.20 Å². The zero-order valence-electron chi connectivity index (χ0n) is 11.3. The monoisotopic (exact) mass is 273 g/mol. The summed E-state index contributed by atoms with van der Waals surface area (Å²) in [5, 5.41) is 17.8. The van der Waals surface area contributed by atoms with Crippen molar-refractivity contribution in [3.8, 4) is 0 Å². The number of hydrogen-bond donors (Lipinski definition) is 3. The lowest BCUT2D eigenvalue weighted by Crippen LogP contribution is -2.06. The van der Waals surface area contributed by atoms with Gasteiger partial charge < -0.3 is 15.2 Å². The lowest BCUT2D eigenvalue weighted by atomic mass is 10.3. The maximum Gasteiger partial charge on any atom is 0.226 e. The standard InChI is InChI=1S/C12H15N7O/c1-3-13-12-16-10(9-6-15-18-11(9)17-12)14-5-8-4-7(2)19-20-8/h4,6H,3,5H2,1-2H3,(H3,13,14,15,16,17,18). The third kappa shape index (κ3) is 2.40. The van der Waals surface area contributed by atoms with E-state index in [9.17, 15) is 0 Å². The molecule has 0 bridgehead atoms. The first kappa shape index (κ1) is 12.4. The number of fused-ring (bicyclic) bond motifs is 1. The number of aryl methyl sites for hydroxylation is 1. The largest absolute Gasteiger partial charge is 0.362 e. The fraction of sp³-hybridized carbons (Fsp3) is 0.333. The Hall–Kier alpha value is -2.64. The Morgan fingerprint density at radius 3 is 2.95 bits per heavy atom. The summed E-state index contributed by atoms with van der Waals surface area (Å²) in [6, 6.07) is 1.88. The average molecular weight is 273 g/mol. The van der Waals surface area contributed by atoms with Gasteiger partial charge in [-0.05, 0) is 13.8 Å². The highest BCUT2D eigenvalue weighted by Gasteiger charge is 2.10. The number of H-pyrrole nitrogens is 1. The predicted octanol–water partition coefficient (Wildman–Crippen LogP) is 1.69. The van der Waals surface area contributed by atoms with E-state index in [0.29, 0.717) is 24.0 Å². The number of anilines is 2. The van der Waals surface area contributed by atoms with E-state index in [1.807, 2.05) is 19.9 Å². The van der Waals surface area contributed by atoms with Crippen molar-refractivity contribution >= 4 is 22.8 Å². The van der Waals surface area contributed by atoms with Gasteiger partial charge in [-0.3, -0.25) is 5.10 Å². The Balaban J connectivity index is 1.87. The highest BCUT2D eigenvalue weighted by Crippen LogP contribution is 2.20. The molecular weight excluding hydrogens is 258 g/mol. The molecule has 0 aliphatic rings. The van der Waals surface area contributed by atoms with E-state index in [-0.39, 0.29) is 0 Å². The first-order valence-electron chi connectivity index (χ1n) is 6.37. The van der Waals surface area contributed by atoms with Crippen LogP contribution in [0.5, 0.6) is 0 Å². The van der Waals surface area contributed by atoms with Gasteiger partial charge in [-0.2, -0.15) is 15.1 Å². The van der Waals surface area contributed by atoms with Gasteiger partial charge >= 0.3 is 0 Å². The molecule has 0 unspecified atom stereocenters. The molecule has 0 spiro atoms. The number of aromatic nitrogens is 5. The number of aromatic amines is 1. The fourth-order valence-corrected chi connectivity index (χ4v) is 1.88. The first-order chi connectivity index (χ1) is 9.76. The lowest BCUT2D eigenvalue weighted by molar-refractivity contribution is 0.384. The molecule has 8 heteroatoms. The van der Waals surface area contributed by atoms with Crippen molar-refractivity contribution in [1.29, 1.82) is 0 Å². The third-order valence-electron chi connectivity index (χ3n) is 2.75. The summed E-state index contributed by atoms with van der Waals surface area (Å²) in [6.45, 7) is 5.13. The molecule has 104 valence electrons. The van der Waals surface area contributed by atoms with Crippen molar-refractivity contribution in [2.24, 2.45) is 0 Å². The van der Waals surface area contributed by atoms with E-state index >= 15 is 0 Å². The van der Waals surface area contributed by atoms with Gasteiger partial charge in [0.25, 0.3) is 0 Å². The molecule has 3 aromatic heterocycles. The minimum Gasteiger partial charge on any atom is -0.362 e. The van der Waals surface area contributed by atoms with Gasteiger partial charge in [-0.1, -0.05) is 5.16 Å². The van der Waals surface area contributed by atoms with Crippen LogP contribution < -0.4 is 10.6 Å². The van der Waals surface area contributed by atoms with E-state index in [2.05, 4.69) is 36.0 Å². The minimum absolute atomic E-state index is 0.504.